The molecule has 1 aliphatic rings. The number of ether oxygens (including phenoxy) is 2. The Morgan fingerprint density at radius 3 is 2.95 bits per heavy atom. The van der Waals surface area contributed by atoms with Gasteiger partial charge < -0.3 is 19.7 Å². The maximum Gasteiger partial charge on any atom is 0.307 e. The highest BCUT2D eigenvalue weighted by molar-refractivity contribution is 5.98. The standard InChI is InChI=1S/C15H20N2O4/c1-3-17-12-6-5-11(9-13(12)21-10-14(17)18)16-8-7-15(19)20-4-2/h5-6,9,16H,3-4,7-8,10H2,1-2H3. The molecule has 0 aromatic heterocycles. The third kappa shape index (κ3) is 3.65. The van der Waals surface area contributed by atoms with Crippen LogP contribution in [-0.2, 0) is 14.3 Å². The van der Waals surface area contributed by atoms with Crippen LogP contribution in [0.25, 0.3) is 0 Å². The molecular weight excluding hydrogens is 272 g/mol. The summed E-state index contributed by atoms with van der Waals surface area (Å²) in [7, 11) is 0. The van der Waals surface area contributed by atoms with Gasteiger partial charge in [0.1, 0.15) is 5.75 Å². The van der Waals surface area contributed by atoms with Crippen LogP contribution >= 0.6 is 0 Å². The minimum absolute atomic E-state index is 0.0342. The molecule has 0 aliphatic carbocycles. The number of nitrogens with one attached hydrogen (secondary N) is 1. The molecule has 1 aromatic carbocycles. The van der Waals surface area contributed by atoms with E-state index in [2.05, 4.69) is 5.32 Å². The molecule has 0 unspecified atom stereocenters. The molecule has 2 rings (SSSR count). The summed E-state index contributed by atoms with van der Waals surface area (Å²) in [6.45, 7) is 5.28. The average molecular weight is 292 g/mol. The van der Waals surface area contributed by atoms with E-state index in [0.29, 0.717) is 31.9 Å². The molecule has 0 radical (unpaired) electrons. The molecule has 0 atom stereocenters. The number of benzene rings is 1. The van der Waals surface area contributed by atoms with Gasteiger partial charge in [0.15, 0.2) is 6.61 Å². The molecule has 6 nitrogen and oxygen atoms in total. The van der Waals surface area contributed by atoms with E-state index in [-0.39, 0.29) is 18.5 Å². The smallest absolute Gasteiger partial charge is 0.307 e. The number of hydrogen-bond donors (Lipinski definition) is 1. The molecule has 0 saturated heterocycles. The van der Waals surface area contributed by atoms with Gasteiger partial charge in [-0.05, 0) is 26.0 Å². The van der Waals surface area contributed by atoms with Crippen LogP contribution < -0.4 is 15.0 Å². The van der Waals surface area contributed by atoms with Crippen molar-refractivity contribution < 1.29 is 19.1 Å². The number of nitrogens with zero attached hydrogens (tertiary/aromatic N) is 1. The Balaban J connectivity index is 1.98. The molecular formula is C15H20N2O4. The fraction of sp³-hybridized carbons (Fsp3) is 0.467. The first kappa shape index (κ1) is 15.2. The normalized spacial score (nSPS) is 13.4. The minimum atomic E-state index is -0.220. The molecule has 1 aliphatic heterocycles. The third-order valence-electron chi connectivity index (χ3n) is 3.18. The van der Waals surface area contributed by atoms with Crippen molar-refractivity contribution in [1.82, 2.24) is 0 Å². The van der Waals surface area contributed by atoms with E-state index >= 15 is 0 Å². The molecule has 0 bridgehead atoms. The monoisotopic (exact) mass is 292 g/mol. The Hall–Kier alpha value is -2.24. The number of likely N-dealkylation sites (N-methyl/N-ethyl adjacent to an activating group) is 1. The zero-order chi connectivity index (χ0) is 15.2. The second-order valence-corrected chi connectivity index (χ2v) is 4.59. The van der Waals surface area contributed by atoms with Gasteiger partial charge in [-0.15, -0.1) is 0 Å². The van der Waals surface area contributed by atoms with E-state index in [4.69, 9.17) is 9.47 Å². The number of esters is 1. The lowest BCUT2D eigenvalue weighted by molar-refractivity contribution is -0.142. The van der Waals surface area contributed by atoms with Gasteiger partial charge in [-0.1, -0.05) is 0 Å². The summed E-state index contributed by atoms with van der Waals surface area (Å²) < 4.78 is 10.3. The van der Waals surface area contributed by atoms with Crippen LogP contribution in [0.2, 0.25) is 0 Å². The van der Waals surface area contributed by atoms with Crippen LogP contribution in [0, 0.1) is 0 Å². The van der Waals surface area contributed by atoms with Gasteiger partial charge in [-0.2, -0.15) is 0 Å². The topological polar surface area (TPSA) is 67.9 Å². The van der Waals surface area contributed by atoms with E-state index in [1.807, 2.05) is 25.1 Å². The fourth-order valence-electron chi connectivity index (χ4n) is 2.20. The van der Waals surface area contributed by atoms with Gasteiger partial charge in [-0.3, -0.25) is 9.59 Å². The molecule has 0 spiro atoms. The van der Waals surface area contributed by atoms with Gasteiger partial charge in [0.2, 0.25) is 0 Å². The highest BCUT2D eigenvalue weighted by atomic mass is 16.5. The zero-order valence-corrected chi connectivity index (χ0v) is 12.3. The van der Waals surface area contributed by atoms with E-state index in [9.17, 15) is 9.59 Å². The Morgan fingerprint density at radius 1 is 1.43 bits per heavy atom. The Bertz CT molecular complexity index is 530. The lowest BCUT2D eigenvalue weighted by atomic mass is 10.2. The SMILES string of the molecule is CCOC(=O)CCNc1ccc2c(c1)OCC(=O)N2CC. The molecule has 6 heteroatoms. The summed E-state index contributed by atoms with van der Waals surface area (Å²) in [5, 5.41) is 3.14. The molecule has 1 aromatic rings. The van der Waals surface area contributed by atoms with E-state index in [1.54, 1.807) is 11.8 Å². The number of carbonyl (C=O) groups excluding carboxylic acids is 2. The summed E-state index contributed by atoms with van der Waals surface area (Å²) in [5.74, 6) is 0.424. The predicted octanol–water partition coefficient (Wildman–Crippen LogP) is 1.80. The first-order chi connectivity index (χ1) is 10.2. The van der Waals surface area contributed by atoms with Crippen molar-refractivity contribution in [3.8, 4) is 5.75 Å². The Labute approximate surface area is 124 Å². The molecule has 114 valence electrons. The summed E-state index contributed by atoms with van der Waals surface area (Å²) in [4.78, 5) is 24.7. The first-order valence-electron chi connectivity index (χ1n) is 7.12. The van der Waals surface area contributed by atoms with Gasteiger partial charge in [0.25, 0.3) is 5.91 Å². The summed E-state index contributed by atoms with van der Waals surface area (Å²) >= 11 is 0. The summed E-state index contributed by atoms with van der Waals surface area (Å²) in [5.41, 5.74) is 1.63. The second-order valence-electron chi connectivity index (χ2n) is 4.59. The maximum absolute atomic E-state index is 11.7. The molecule has 0 saturated carbocycles. The van der Waals surface area contributed by atoms with Gasteiger partial charge in [0.05, 0.1) is 18.7 Å². The minimum Gasteiger partial charge on any atom is -0.481 e. The Kier molecular flexibility index (Phi) is 5.03. The van der Waals surface area contributed by atoms with Gasteiger partial charge in [0, 0.05) is 24.8 Å². The number of carbonyl (C=O) groups is 2. The second kappa shape index (κ2) is 6.97. The van der Waals surface area contributed by atoms with Crippen LogP contribution in [-0.4, -0.2) is 38.2 Å². The van der Waals surface area contributed by atoms with Crippen molar-refractivity contribution in [3.63, 3.8) is 0 Å². The predicted molar refractivity (Wildman–Crippen MR) is 79.7 cm³/mol. The third-order valence-corrected chi connectivity index (χ3v) is 3.18. The first-order valence-corrected chi connectivity index (χ1v) is 7.12. The summed E-state index contributed by atoms with van der Waals surface area (Å²) in [6, 6.07) is 5.56. The van der Waals surface area contributed by atoms with Crippen molar-refractivity contribution in [2.75, 3.05) is 36.5 Å². The fourth-order valence-corrected chi connectivity index (χ4v) is 2.20. The van der Waals surface area contributed by atoms with Crippen LogP contribution in [0.3, 0.4) is 0 Å². The van der Waals surface area contributed by atoms with Crippen LogP contribution in [0.15, 0.2) is 18.2 Å². The van der Waals surface area contributed by atoms with Gasteiger partial charge in [-0.25, -0.2) is 0 Å². The van der Waals surface area contributed by atoms with Crippen molar-refractivity contribution in [3.05, 3.63) is 18.2 Å². The largest absolute Gasteiger partial charge is 0.481 e. The highest BCUT2D eigenvalue weighted by Crippen LogP contribution is 2.34. The van der Waals surface area contributed by atoms with Crippen LogP contribution in [0.1, 0.15) is 20.3 Å². The molecule has 1 heterocycles. The molecule has 21 heavy (non-hydrogen) atoms. The number of rotatable bonds is 6. The van der Waals surface area contributed by atoms with E-state index < -0.39 is 0 Å². The number of amides is 1. The van der Waals surface area contributed by atoms with E-state index in [0.717, 1.165) is 11.4 Å². The van der Waals surface area contributed by atoms with Crippen molar-refractivity contribution in [2.24, 2.45) is 0 Å². The van der Waals surface area contributed by atoms with Crippen LogP contribution in [0.5, 0.6) is 5.75 Å². The van der Waals surface area contributed by atoms with Crippen molar-refractivity contribution >= 4 is 23.3 Å². The maximum atomic E-state index is 11.7. The number of fused-ring (bicyclic) bond motifs is 1. The lowest BCUT2D eigenvalue weighted by Gasteiger charge is -2.28. The summed E-state index contributed by atoms with van der Waals surface area (Å²) in [6.07, 6.45) is 0.311. The number of hydrogen-bond acceptors (Lipinski definition) is 5. The highest BCUT2D eigenvalue weighted by Gasteiger charge is 2.24. The van der Waals surface area contributed by atoms with Gasteiger partial charge >= 0.3 is 5.97 Å². The Morgan fingerprint density at radius 2 is 2.24 bits per heavy atom. The lowest BCUT2D eigenvalue weighted by Crippen LogP contribution is -2.38. The molecule has 1 N–H and O–H groups in total. The average Bonchev–Trinajstić information content (AvgIpc) is 2.47. The van der Waals surface area contributed by atoms with Crippen LogP contribution in [0.4, 0.5) is 11.4 Å². The molecule has 1 amide bonds. The molecule has 0 fully saturated rings. The van der Waals surface area contributed by atoms with E-state index in [1.165, 1.54) is 0 Å². The van der Waals surface area contributed by atoms with Crippen molar-refractivity contribution in [1.29, 1.82) is 0 Å². The number of anilines is 2. The van der Waals surface area contributed by atoms with Crippen molar-refractivity contribution in [2.45, 2.75) is 20.3 Å². The quantitative estimate of drug-likeness (QED) is 0.810. The zero-order valence-electron chi connectivity index (χ0n) is 12.3.